The van der Waals surface area contributed by atoms with E-state index in [1.54, 1.807) is 48.5 Å². The molecule has 6 rings (SSSR count). The quantitative estimate of drug-likeness (QED) is 0.902. The van der Waals surface area contributed by atoms with Gasteiger partial charge in [-0.15, -0.1) is 0 Å². The van der Waals surface area contributed by atoms with Crippen molar-refractivity contribution in [1.29, 1.82) is 0 Å². The van der Waals surface area contributed by atoms with E-state index in [1.807, 2.05) is 0 Å². The molecule has 0 aromatic heterocycles. The molecular formula is C17H14O6. The highest BCUT2D eigenvalue weighted by Crippen LogP contribution is 2.38. The van der Waals surface area contributed by atoms with Crippen molar-refractivity contribution in [3.63, 3.8) is 0 Å². The Kier molecular flexibility index (Phi) is 3.65. The Morgan fingerprint density at radius 2 is 1.30 bits per heavy atom. The molecule has 6 nitrogen and oxygen atoms in total. The number of carbonyl (C=O) groups is 2. The van der Waals surface area contributed by atoms with Crippen LogP contribution >= 0.6 is 0 Å². The summed E-state index contributed by atoms with van der Waals surface area (Å²) in [4.78, 5) is 23.4. The van der Waals surface area contributed by atoms with E-state index in [2.05, 4.69) is 0 Å². The van der Waals surface area contributed by atoms with Crippen LogP contribution in [0.4, 0.5) is 0 Å². The van der Waals surface area contributed by atoms with Gasteiger partial charge >= 0.3 is 11.9 Å². The molecule has 0 aliphatic carbocycles. The molecule has 2 aromatic rings. The summed E-state index contributed by atoms with van der Waals surface area (Å²) in [6, 6.07) is 12.7. The number of carboxylic acid groups (broad SMARTS) is 2. The summed E-state index contributed by atoms with van der Waals surface area (Å²) in [5.41, 5.74) is -0.912. The van der Waals surface area contributed by atoms with Gasteiger partial charge < -0.3 is 19.7 Å². The number of carboxylic acids is 2. The Balaban J connectivity index is 2.27. The standard InChI is InChI=1S/C17H14O6/c18-15(19)9-17(16(20)21)11-1-5-13(6-2-11)22-10-23-14-7-3-12(17)4-8-14/h1-8H,9-10H2,(H,18,19)(H,20,21). The lowest BCUT2D eigenvalue weighted by Crippen LogP contribution is -2.39. The van der Waals surface area contributed by atoms with Crippen LogP contribution in [0, 0.1) is 0 Å². The fourth-order valence-electron chi connectivity index (χ4n) is 2.76. The first kappa shape index (κ1) is 14.9. The van der Waals surface area contributed by atoms with Crippen molar-refractivity contribution < 1.29 is 29.3 Å². The van der Waals surface area contributed by atoms with Crippen molar-refractivity contribution in [3.05, 3.63) is 59.7 Å². The van der Waals surface area contributed by atoms with Gasteiger partial charge in [0.15, 0.2) is 0 Å². The van der Waals surface area contributed by atoms with Crippen molar-refractivity contribution >= 4 is 11.9 Å². The molecule has 0 saturated heterocycles. The number of rotatable bonds is 3. The van der Waals surface area contributed by atoms with Gasteiger partial charge in [-0.1, -0.05) is 24.3 Å². The molecule has 0 unspecified atom stereocenters. The van der Waals surface area contributed by atoms with Crippen LogP contribution in [0.3, 0.4) is 0 Å². The van der Waals surface area contributed by atoms with Crippen LogP contribution in [-0.2, 0) is 15.0 Å². The predicted molar refractivity (Wildman–Crippen MR) is 79.7 cm³/mol. The maximum Gasteiger partial charge on any atom is 0.319 e. The molecule has 4 heterocycles. The minimum Gasteiger partial charge on any atom is -0.481 e. The van der Waals surface area contributed by atoms with E-state index >= 15 is 0 Å². The monoisotopic (exact) mass is 314 g/mol. The van der Waals surface area contributed by atoms with E-state index in [-0.39, 0.29) is 6.79 Å². The molecule has 0 radical (unpaired) electrons. The molecule has 4 bridgehead atoms. The van der Waals surface area contributed by atoms with E-state index in [0.29, 0.717) is 22.6 Å². The summed E-state index contributed by atoms with van der Waals surface area (Å²) >= 11 is 0. The second-order valence-electron chi connectivity index (χ2n) is 5.24. The molecule has 0 saturated carbocycles. The summed E-state index contributed by atoms with van der Waals surface area (Å²) in [5, 5.41) is 19.1. The van der Waals surface area contributed by atoms with Gasteiger partial charge in [0.1, 0.15) is 16.9 Å². The average Bonchev–Trinajstić information content (AvgIpc) is 2.52. The minimum absolute atomic E-state index is 0.0257. The number of benzene rings is 2. The summed E-state index contributed by atoms with van der Waals surface area (Å²) in [6.45, 7) is 0.0257. The number of ether oxygens (including phenoxy) is 2. The van der Waals surface area contributed by atoms with E-state index in [1.165, 1.54) is 0 Å². The van der Waals surface area contributed by atoms with Crippen LogP contribution in [-0.4, -0.2) is 28.9 Å². The highest BCUT2D eigenvalue weighted by Gasteiger charge is 2.44. The zero-order valence-corrected chi connectivity index (χ0v) is 12.1. The Hall–Kier alpha value is -3.02. The van der Waals surface area contributed by atoms with E-state index < -0.39 is 23.8 Å². The van der Waals surface area contributed by atoms with Gasteiger partial charge in [0.2, 0.25) is 6.79 Å². The molecular weight excluding hydrogens is 300 g/mol. The van der Waals surface area contributed by atoms with Crippen molar-refractivity contribution in [2.45, 2.75) is 11.8 Å². The van der Waals surface area contributed by atoms with Crippen molar-refractivity contribution in [2.24, 2.45) is 0 Å². The van der Waals surface area contributed by atoms with Crippen LogP contribution in [0.15, 0.2) is 48.5 Å². The van der Waals surface area contributed by atoms with E-state index in [0.717, 1.165) is 0 Å². The van der Waals surface area contributed by atoms with Gasteiger partial charge in [0.05, 0.1) is 6.42 Å². The Morgan fingerprint density at radius 1 is 0.870 bits per heavy atom. The lowest BCUT2D eigenvalue weighted by molar-refractivity contribution is -0.148. The molecule has 118 valence electrons. The second kappa shape index (κ2) is 5.64. The molecule has 4 aliphatic heterocycles. The molecule has 0 atom stereocenters. The topological polar surface area (TPSA) is 93.1 Å². The molecule has 23 heavy (non-hydrogen) atoms. The second-order valence-corrected chi connectivity index (χ2v) is 5.24. The van der Waals surface area contributed by atoms with Gasteiger partial charge in [0, 0.05) is 0 Å². The zero-order valence-electron chi connectivity index (χ0n) is 12.1. The van der Waals surface area contributed by atoms with Gasteiger partial charge in [-0.2, -0.15) is 0 Å². The molecule has 0 amide bonds. The Labute approximate surface area is 131 Å². The van der Waals surface area contributed by atoms with Crippen LogP contribution in [0.5, 0.6) is 11.5 Å². The molecule has 0 fully saturated rings. The predicted octanol–water partition coefficient (Wildman–Crippen LogP) is 2.26. The third-order valence-electron chi connectivity index (χ3n) is 3.93. The Morgan fingerprint density at radius 3 is 1.65 bits per heavy atom. The molecule has 0 spiro atoms. The maximum absolute atomic E-state index is 12.1. The zero-order chi connectivity index (χ0) is 16.4. The number of hydrogen-bond acceptors (Lipinski definition) is 4. The largest absolute Gasteiger partial charge is 0.481 e. The fourth-order valence-corrected chi connectivity index (χ4v) is 2.76. The van der Waals surface area contributed by atoms with E-state index in [4.69, 9.17) is 9.47 Å². The normalized spacial score (nSPS) is 15.0. The molecule has 4 aliphatic rings. The summed E-state index contributed by atoms with van der Waals surface area (Å²) in [5.74, 6) is -1.39. The molecule has 6 heteroatoms. The lowest BCUT2D eigenvalue weighted by Gasteiger charge is -2.29. The Bertz CT molecular complexity index is 685. The summed E-state index contributed by atoms with van der Waals surface area (Å²) in [6.07, 6.45) is -0.567. The van der Waals surface area contributed by atoms with Crippen LogP contribution in [0.1, 0.15) is 17.5 Å². The minimum atomic E-state index is -1.68. The van der Waals surface area contributed by atoms with Crippen LogP contribution in [0.25, 0.3) is 0 Å². The van der Waals surface area contributed by atoms with Crippen LogP contribution in [0.2, 0.25) is 0 Å². The fraction of sp³-hybridized carbons (Fsp3) is 0.176. The number of aliphatic carboxylic acids is 2. The van der Waals surface area contributed by atoms with Crippen LogP contribution < -0.4 is 9.47 Å². The maximum atomic E-state index is 12.1. The van der Waals surface area contributed by atoms with Gasteiger partial charge in [-0.3, -0.25) is 9.59 Å². The van der Waals surface area contributed by atoms with Crippen molar-refractivity contribution in [2.75, 3.05) is 6.79 Å². The smallest absolute Gasteiger partial charge is 0.319 e. The highest BCUT2D eigenvalue weighted by atomic mass is 16.7. The van der Waals surface area contributed by atoms with Gasteiger partial charge in [-0.25, -0.2) is 0 Å². The molecule has 2 aromatic carbocycles. The third kappa shape index (κ3) is 2.59. The van der Waals surface area contributed by atoms with Crippen molar-refractivity contribution in [3.8, 4) is 11.5 Å². The average molecular weight is 314 g/mol. The van der Waals surface area contributed by atoms with Crippen molar-refractivity contribution in [1.82, 2.24) is 0 Å². The number of hydrogen-bond donors (Lipinski definition) is 2. The first-order valence-electron chi connectivity index (χ1n) is 6.94. The van der Waals surface area contributed by atoms with Gasteiger partial charge in [-0.05, 0) is 35.4 Å². The highest BCUT2D eigenvalue weighted by molar-refractivity contribution is 5.91. The molecule has 2 N–H and O–H groups in total. The first-order chi connectivity index (χ1) is 11.0. The SMILES string of the molecule is O=C(O)CC1(C(=O)O)c2ccc(cc2)OCOc2ccc1cc2. The first-order valence-corrected chi connectivity index (χ1v) is 6.94. The van der Waals surface area contributed by atoms with E-state index in [9.17, 15) is 19.8 Å². The van der Waals surface area contributed by atoms with Gasteiger partial charge in [0.25, 0.3) is 0 Å². The summed E-state index contributed by atoms with van der Waals surface area (Å²) < 4.78 is 10.8. The summed E-state index contributed by atoms with van der Waals surface area (Å²) in [7, 11) is 0. The lowest BCUT2D eigenvalue weighted by atomic mass is 9.72. The third-order valence-corrected chi connectivity index (χ3v) is 3.93.